The molecular formula is C18H16N2O5. The normalized spacial score (nSPS) is 19.0. The molecule has 7 nitrogen and oxygen atoms in total. The first-order valence-electron chi connectivity index (χ1n) is 7.86. The Hall–Kier alpha value is -3.09. The van der Waals surface area contributed by atoms with E-state index < -0.39 is 5.76 Å². The van der Waals surface area contributed by atoms with Crippen molar-refractivity contribution in [3.05, 3.63) is 52.6 Å². The molecule has 7 heteroatoms. The summed E-state index contributed by atoms with van der Waals surface area (Å²) in [6.07, 6.45) is 2.19. The molecule has 1 aliphatic carbocycles. The predicted molar refractivity (Wildman–Crippen MR) is 89.3 cm³/mol. The lowest BCUT2D eigenvalue weighted by Gasteiger charge is -2.09. The first-order valence-corrected chi connectivity index (χ1v) is 7.86. The second kappa shape index (κ2) is 5.77. The molecule has 0 bridgehead atoms. The third-order valence-electron chi connectivity index (χ3n) is 4.52. The molecule has 0 spiro atoms. The second-order valence-corrected chi connectivity index (χ2v) is 5.93. The van der Waals surface area contributed by atoms with Gasteiger partial charge in [0.1, 0.15) is 5.52 Å². The molecule has 25 heavy (non-hydrogen) atoms. The van der Waals surface area contributed by atoms with E-state index in [1.54, 1.807) is 26.4 Å². The summed E-state index contributed by atoms with van der Waals surface area (Å²) in [6, 6.07) is 8.92. The number of methoxy groups -OCH3 is 2. The molecule has 2 heterocycles. The van der Waals surface area contributed by atoms with Gasteiger partial charge in [0.2, 0.25) is 11.6 Å². The van der Waals surface area contributed by atoms with Gasteiger partial charge in [-0.3, -0.25) is 4.79 Å². The van der Waals surface area contributed by atoms with E-state index in [4.69, 9.17) is 13.9 Å². The molecule has 0 aliphatic heterocycles. The van der Waals surface area contributed by atoms with Crippen LogP contribution in [0, 0.1) is 5.92 Å². The summed E-state index contributed by atoms with van der Waals surface area (Å²) in [7, 11) is 3.15. The van der Waals surface area contributed by atoms with Crippen molar-refractivity contribution in [3.8, 4) is 11.5 Å². The minimum atomic E-state index is -0.698. The Bertz CT molecular complexity index is 1020. The quantitative estimate of drug-likeness (QED) is 0.725. The maximum Gasteiger partial charge on any atom is 0.428 e. The highest BCUT2D eigenvalue weighted by atomic mass is 16.5. The van der Waals surface area contributed by atoms with Crippen molar-refractivity contribution in [2.75, 3.05) is 14.2 Å². The first kappa shape index (κ1) is 15.4. The van der Waals surface area contributed by atoms with Crippen molar-refractivity contribution in [2.24, 2.45) is 5.92 Å². The van der Waals surface area contributed by atoms with Crippen LogP contribution >= 0.6 is 0 Å². The molecule has 0 amide bonds. The maximum absolute atomic E-state index is 12.8. The summed E-state index contributed by atoms with van der Waals surface area (Å²) in [5.41, 5.74) is 1.55. The van der Waals surface area contributed by atoms with Crippen LogP contribution in [0.2, 0.25) is 0 Å². The van der Waals surface area contributed by atoms with Gasteiger partial charge < -0.3 is 13.9 Å². The van der Waals surface area contributed by atoms with Crippen molar-refractivity contribution >= 4 is 17.1 Å². The zero-order chi connectivity index (χ0) is 17.6. The SMILES string of the molecule is COc1ccc(C2CC2C(=O)n2c(=O)oc3ncccc32)cc1OC. The van der Waals surface area contributed by atoms with Gasteiger partial charge in [0.25, 0.3) is 0 Å². The molecule has 3 aromatic rings. The number of oxazole rings is 1. The molecule has 2 atom stereocenters. The number of ether oxygens (including phenoxy) is 2. The van der Waals surface area contributed by atoms with Crippen LogP contribution in [0.3, 0.4) is 0 Å². The highest BCUT2D eigenvalue weighted by molar-refractivity contribution is 5.91. The van der Waals surface area contributed by atoms with E-state index in [9.17, 15) is 9.59 Å². The average Bonchev–Trinajstić information content (AvgIpc) is 3.36. The molecule has 2 unspecified atom stereocenters. The fourth-order valence-electron chi connectivity index (χ4n) is 3.15. The molecule has 1 aromatic carbocycles. The van der Waals surface area contributed by atoms with Crippen LogP contribution in [-0.4, -0.2) is 29.7 Å². The summed E-state index contributed by atoms with van der Waals surface area (Å²) < 4.78 is 16.7. The number of aromatic nitrogens is 2. The molecular weight excluding hydrogens is 324 g/mol. The van der Waals surface area contributed by atoms with Gasteiger partial charge in [0.15, 0.2) is 11.5 Å². The Morgan fingerprint density at radius 2 is 2.04 bits per heavy atom. The van der Waals surface area contributed by atoms with Gasteiger partial charge in [-0.2, -0.15) is 0 Å². The van der Waals surface area contributed by atoms with E-state index in [1.165, 1.54) is 6.20 Å². The van der Waals surface area contributed by atoms with Crippen LogP contribution in [0.5, 0.6) is 11.5 Å². The van der Waals surface area contributed by atoms with Gasteiger partial charge >= 0.3 is 5.76 Å². The monoisotopic (exact) mass is 340 g/mol. The molecule has 0 radical (unpaired) electrons. The number of rotatable bonds is 4. The average molecular weight is 340 g/mol. The Labute approximate surface area is 142 Å². The van der Waals surface area contributed by atoms with Gasteiger partial charge in [-0.25, -0.2) is 14.3 Å². The number of nitrogens with zero attached hydrogens (tertiary/aromatic N) is 2. The van der Waals surface area contributed by atoms with Crippen molar-refractivity contribution in [1.82, 2.24) is 9.55 Å². The van der Waals surface area contributed by atoms with Gasteiger partial charge in [0.05, 0.1) is 14.2 Å². The van der Waals surface area contributed by atoms with Crippen molar-refractivity contribution in [1.29, 1.82) is 0 Å². The number of pyridine rings is 1. The number of hydrogen-bond acceptors (Lipinski definition) is 6. The number of carbonyl (C=O) groups is 1. The highest BCUT2D eigenvalue weighted by Gasteiger charge is 2.46. The summed E-state index contributed by atoms with van der Waals surface area (Å²) in [5.74, 6) is 0.0666. The largest absolute Gasteiger partial charge is 0.493 e. The molecule has 1 aliphatic rings. The molecule has 0 saturated heterocycles. The predicted octanol–water partition coefficient (Wildman–Crippen LogP) is 2.45. The molecule has 0 N–H and O–H groups in total. The van der Waals surface area contributed by atoms with Crippen LogP contribution < -0.4 is 15.2 Å². The summed E-state index contributed by atoms with van der Waals surface area (Å²) >= 11 is 0. The van der Waals surface area contributed by atoms with Gasteiger partial charge in [-0.15, -0.1) is 0 Å². The van der Waals surface area contributed by atoms with E-state index in [-0.39, 0.29) is 23.5 Å². The highest BCUT2D eigenvalue weighted by Crippen LogP contribution is 2.49. The number of hydrogen-bond donors (Lipinski definition) is 0. The Kier molecular flexibility index (Phi) is 3.56. The van der Waals surface area contributed by atoms with Crippen LogP contribution in [0.1, 0.15) is 22.7 Å². The minimum Gasteiger partial charge on any atom is -0.493 e. The smallest absolute Gasteiger partial charge is 0.428 e. The van der Waals surface area contributed by atoms with Crippen LogP contribution in [0.15, 0.2) is 45.7 Å². The Balaban J connectivity index is 1.64. The molecule has 1 saturated carbocycles. The van der Waals surface area contributed by atoms with Crippen molar-refractivity contribution < 1.29 is 18.7 Å². The summed E-state index contributed by atoms with van der Waals surface area (Å²) in [5, 5.41) is 0. The van der Waals surface area contributed by atoms with E-state index in [0.29, 0.717) is 23.4 Å². The third-order valence-corrected chi connectivity index (χ3v) is 4.52. The Morgan fingerprint density at radius 3 is 2.80 bits per heavy atom. The van der Waals surface area contributed by atoms with Crippen LogP contribution in [-0.2, 0) is 0 Å². The van der Waals surface area contributed by atoms with Gasteiger partial charge in [-0.05, 0) is 42.2 Å². The maximum atomic E-state index is 12.8. The standard InChI is InChI=1S/C18H16N2O5/c1-23-14-6-5-10(8-15(14)24-2)11-9-12(11)17(21)20-13-4-3-7-19-16(13)25-18(20)22/h3-8,11-12H,9H2,1-2H3. The molecule has 128 valence electrons. The van der Waals surface area contributed by atoms with Crippen molar-refractivity contribution in [2.45, 2.75) is 12.3 Å². The fraction of sp³-hybridized carbons (Fsp3) is 0.278. The van der Waals surface area contributed by atoms with E-state index in [2.05, 4.69) is 4.98 Å². The van der Waals surface area contributed by atoms with E-state index in [0.717, 1.165) is 10.1 Å². The lowest BCUT2D eigenvalue weighted by Crippen LogP contribution is -2.24. The fourth-order valence-corrected chi connectivity index (χ4v) is 3.15. The molecule has 1 fully saturated rings. The van der Waals surface area contributed by atoms with E-state index >= 15 is 0 Å². The van der Waals surface area contributed by atoms with Crippen molar-refractivity contribution in [3.63, 3.8) is 0 Å². The topological polar surface area (TPSA) is 83.6 Å². The number of fused-ring (bicyclic) bond motifs is 1. The zero-order valence-corrected chi connectivity index (χ0v) is 13.8. The summed E-state index contributed by atoms with van der Waals surface area (Å²) in [6.45, 7) is 0. The van der Waals surface area contributed by atoms with E-state index in [1.807, 2.05) is 18.2 Å². The van der Waals surface area contributed by atoms with Crippen LogP contribution in [0.4, 0.5) is 0 Å². The van der Waals surface area contributed by atoms with Gasteiger partial charge in [-0.1, -0.05) is 6.07 Å². The number of carbonyl (C=O) groups excluding carboxylic acids is 1. The lowest BCUT2D eigenvalue weighted by molar-refractivity contribution is 0.0880. The summed E-state index contributed by atoms with van der Waals surface area (Å²) in [4.78, 5) is 28.8. The van der Waals surface area contributed by atoms with Gasteiger partial charge in [0, 0.05) is 12.1 Å². The molecule has 4 rings (SSSR count). The third kappa shape index (κ3) is 2.48. The Morgan fingerprint density at radius 1 is 1.24 bits per heavy atom. The number of benzene rings is 1. The first-order chi connectivity index (χ1) is 12.1. The lowest BCUT2D eigenvalue weighted by atomic mass is 10.1. The zero-order valence-electron chi connectivity index (χ0n) is 13.8. The second-order valence-electron chi connectivity index (χ2n) is 5.93. The molecule has 2 aromatic heterocycles. The van der Waals surface area contributed by atoms with Crippen LogP contribution in [0.25, 0.3) is 11.2 Å². The minimum absolute atomic E-state index is 0.0424.